The summed E-state index contributed by atoms with van der Waals surface area (Å²) in [5.74, 6) is 0.620. The Morgan fingerprint density at radius 3 is 2.00 bits per heavy atom. The van der Waals surface area contributed by atoms with Gasteiger partial charge in [-0.05, 0) is 58.5 Å². The molecule has 0 atom stereocenters. The van der Waals surface area contributed by atoms with E-state index in [0.29, 0.717) is 11.5 Å². The first-order chi connectivity index (χ1) is 25.9. The molecular weight excluding hydrogens is 643 g/mol. The molecule has 0 radical (unpaired) electrons. The van der Waals surface area contributed by atoms with E-state index in [0.717, 1.165) is 33.7 Å². The number of nitrogens with zero attached hydrogens (tertiary/aromatic N) is 3. The molecule has 254 valence electrons. The lowest BCUT2D eigenvalue weighted by atomic mass is 9.82. The number of para-hydroxylation sites is 1. The molecule has 3 nitrogen and oxygen atoms in total. The molecule has 8 aromatic rings. The van der Waals surface area contributed by atoms with Crippen molar-refractivity contribution in [1.82, 2.24) is 4.57 Å². The molecule has 9 rings (SSSR count). The fourth-order valence-electron chi connectivity index (χ4n) is 8.03. The van der Waals surface area contributed by atoms with E-state index in [9.17, 15) is 0 Å². The first kappa shape index (κ1) is 32.3. The van der Waals surface area contributed by atoms with Crippen LogP contribution in [-0.2, 0) is 5.41 Å². The number of aliphatic imine (C=N–C) groups is 2. The minimum atomic E-state index is -0.0969. The molecule has 3 heteroatoms. The molecule has 0 saturated heterocycles. The van der Waals surface area contributed by atoms with Crippen LogP contribution in [0.2, 0.25) is 0 Å². The largest absolute Gasteiger partial charge is 0.309 e. The Labute approximate surface area is 311 Å². The van der Waals surface area contributed by atoms with Crippen molar-refractivity contribution in [3.63, 3.8) is 0 Å². The van der Waals surface area contributed by atoms with Crippen molar-refractivity contribution in [3.05, 3.63) is 204 Å². The quantitative estimate of drug-likeness (QED) is 0.124. The molecule has 1 aliphatic rings. The summed E-state index contributed by atoms with van der Waals surface area (Å²) in [4.78, 5) is 10.3. The van der Waals surface area contributed by atoms with Crippen molar-refractivity contribution in [2.24, 2.45) is 9.98 Å². The minimum absolute atomic E-state index is 0.0969. The van der Waals surface area contributed by atoms with Gasteiger partial charge >= 0.3 is 0 Å². The van der Waals surface area contributed by atoms with E-state index in [1.165, 1.54) is 49.6 Å². The van der Waals surface area contributed by atoms with Crippen molar-refractivity contribution in [1.29, 1.82) is 0 Å². The summed E-state index contributed by atoms with van der Waals surface area (Å²) in [6.07, 6.45) is 0. The summed E-state index contributed by atoms with van der Waals surface area (Å²) in [6, 6.07) is 60.0. The van der Waals surface area contributed by atoms with E-state index in [1.54, 1.807) is 0 Å². The third-order valence-corrected chi connectivity index (χ3v) is 10.8. The van der Waals surface area contributed by atoms with Gasteiger partial charge in [-0.25, -0.2) is 9.98 Å². The third-order valence-electron chi connectivity index (χ3n) is 10.8. The molecule has 0 amide bonds. The molecule has 1 aliphatic carbocycles. The van der Waals surface area contributed by atoms with Gasteiger partial charge in [-0.15, -0.1) is 0 Å². The Kier molecular flexibility index (Phi) is 7.86. The van der Waals surface area contributed by atoms with Crippen LogP contribution in [0.15, 0.2) is 186 Å². The molecule has 0 unspecified atom stereocenters. The Morgan fingerprint density at radius 1 is 0.547 bits per heavy atom. The summed E-state index contributed by atoms with van der Waals surface area (Å²) < 4.78 is 2.43. The van der Waals surface area contributed by atoms with Gasteiger partial charge in [-0.2, -0.15) is 0 Å². The maximum absolute atomic E-state index is 5.16. The zero-order chi connectivity index (χ0) is 36.1. The van der Waals surface area contributed by atoms with Crippen molar-refractivity contribution in [2.45, 2.75) is 26.2 Å². The van der Waals surface area contributed by atoms with E-state index in [-0.39, 0.29) is 5.41 Å². The maximum Gasteiger partial charge on any atom is 0.160 e. The van der Waals surface area contributed by atoms with Crippen LogP contribution in [0.25, 0.3) is 55.4 Å². The lowest BCUT2D eigenvalue weighted by Crippen LogP contribution is -2.14. The van der Waals surface area contributed by atoms with Crippen LogP contribution < -0.4 is 0 Å². The molecule has 0 saturated carbocycles. The lowest BCUT2D eigenvalue weighted by Gasteiger charge is -2.21. The van der Waals surface area contributed by atoms with E-state index < -0.39 is 0 Å². The van der Waals surface area contributed by atoms with E-state index in [2.05, 4.69) is 171 Å². The van der Waals surface area contributed by atoms with Gasteiger partial charge in [0.05, 0.1) is 16.7 Å². The van der Waals surface area contributed by atoms with Crippen LogP contribution in [0.1, 0.15) is 48.6 Å². The van der Waals surface area contributed by atoms with Crippen LogP contribution in [0.3, 0.4) is 0 Å². The first-order valence-corrected chi connectivity index (χ1v) is 18.2. The highest BCUT2D eigenvalue weighted by molar-refractivity contribution is 6.16. The number of hydrogen-bond donors (Lipinski definition) is 0. The normalized spacial score (nSPS) is 13.6. The van der Waals surface area contributed by atoms with Gasteiger partial charge in [0.15, 0.2) is 5.84 Å². The zero-order valence-corrected chi connectivity index (χ0v) is 30.2. The fraction of sp³-hybridized carbons (Fsp3) is 0.0800. The van der Waals surface area contributed by atoms with Gasteiger partial charge in [-0.3, -0.25) is 0 Å². The van der Waals surface area contributed by atoms with Crippen molar-refractivity contribution in [3.8, 4) is 27.9 Å². The number of rotatable bonds is 6. The molecule has 0 spiro atoms. The van der Waals surface area contributed by atoms with Crippen LogP contribution in [-0.4, -0.2) is 16.1 Å². The van der Waals surface area contributed by atoms with Crippen LogP contribution in [0, 0.1) is 0 Å². The molecule has 53 heavy (non-hydrogen) atoms. The van der Waals surface area contributed by atoms with Crippen molar-refractivity contribution in [2.75, 3.05) is 0 Å². The predicted octanol–water partition coefficient (Wildman–Crippen LogP) is 12.7. The van der Waals surface area contributed by atoms with Crippen LogP contribution in [0.5, 0.6) is 0 Å². The summed E-state index contributed by atoms with van der Waals surface area (Å²) >= 11 is 0. The zero-order valence-electron chi connectivity index (χ0n) is 30.2. The molecule has 1 heterocycles. The second-order valence-corrected chi connectivity index (χ2v) is 14.3. The third kappa shape index (κ3) is 5.53. The van der Waals surface area contributed by atoms with Gasteiger partial charge < -0.3 is 4.57 Å². The molecule has 0 N–H and O–H groups in total. The Bertz CT molecular complexity index is 2750. The smallest absolute Gasteiger partial charge is 0.160 e. The van der Waals surface area contributed by atoms with Crippen LogP contribution in [0.4, 0.5) is 0 Å². The lowest BCUT2D eigenvalue weighted by molar-refractivity contribution is 0.661. The number of benzene rings is 7. The topological polar surface area (TPSA) is 29.6 Å². The van der Waals surface area contributed by atoms with Gasteiger partial charge in [0, 0.05) is 44.3 Å². The van der Waals surface area contributed by atoms with Gasteiger partial charge in [0.2, 0.25) is 0 Å². The highest BCUT2D eigenvalue weighted by atomic mass is 15.0. The molecule has 1 aromatic heterocycles. The van der Waals surface area contributed by atoms with Crippen molar-refractivity contribution < 1.29 is 0 Å². The SMILES string of the molecule is C=C(/N=C(\N=C(/C)c1ccccc1)c1ccc(-c2ccccc2)cc1)c1cccc(-n2c3ccccc3c3ccc4c(c32)-c2ccccc2C4(C)C)c1. The standard InChI is InChI=1S/C50H39N3/c1-33(35-16-7-5-8-17-35)51-49(38-28-26-37(27-29-38)36-18-9-6-10-19-36)52-34(2)39-20-15-21-40(32-39)53-46-25-14-12-22-41(46)42-30-31-45-47(48(42)53)43-23-11-13-24-44(43)50(45,3)4/h5-32H,2H2,1,3-4H3/b51-33+,52-49-. The number of amidine groups is 1. The average molecular weight is 682 g/mol. The highest BCUT2D eigenvalue weighted by Gasteiger charge is 2.37. The number of fused-ring (bicyclic) bond motifs is 7. The van der Waals surface area contributed by atoms with Crippen LogP contribution >= 0.6 is 0 Å². The second kappa shape index (κ2) is 12.9. The number of aromatic nitrogens is 1. The molecular formula is C50H39N3. The van der Waals surface area contributed by atoms with Gasteiger partial charge in [0.25, 0.3) is 0 Å². The van der Waals surface area contributed by atoms with E-state index in [4.69, 9.17) is 9.98 Å². The summed E-state index contributed by atoms with van der Waals surface area (Å²) in [5, 5.41) is 2.49. The second-order valence-electron chi connectivity index (χ2n) is 14.3. The molecule has 0 fully saturated rings. The average Bonchev–Trinajstić information content (AvgIpc) is 3.67. The molecule has 7 aromatic carbocycles. The number of hydrogen-bond acceptors (Lipinski definition) is 1. The Morgan fingerprint density at radius 2 is 1.21 bits per heavy atom. The van der Waals surface area contributed by atoms with Gasteiger partial charge in [-0.1, -0.05) is 172 Å². The monoisotopic (exact) mass is 681 g/mol. The highest BCUT2D eigenvalue weighted by Crippen LogP contribution is 2.52. The maximum atomic E-state index is 5.16. The summed E-state index contributed by atoms with van der Waals surface area (Å²) in [7, 11) is 0. The fourth-order valence-corrected chi connectivity index (χ4v) is 8.03. The van der Waals surface area contributed by atoms with Gasteiger partial charge in [0.1, 0.15) is 0 Å². The Balaban J connectivity index is 1.18. The van der Waals surface area contributed by atoms with E-state index in [1.807, 2.05) is 31.2 Å². The summed E-state index contributed by atoms with van der Waals surface area (Å²) in [6.45, 7) is 11.2. The predicted molar refractivity (Wildman–Crippen MR) is 224 cm³/mol. The molecule has 0 bridgehead atoms. The summed E-state index contributed by atoms with van der Waals surface area (Å²) in [5.41, 5.74) is 15.5. The minimum Gasteiger partial charge on any atom is -0.309 e. The molecule has 0 aliphatic heterocycles. The Hall–Kier alpha value is -6.58. The van der Waals surface area contributed by atoms with Crippen molar-refractivity contribution >= 4 is 39.1 Å². The first-order valence-electron chi connectivity index (χ1n) is 18.2. The van der Waals surface area contributed by atoms with E-state index >= 15 is 0 Å².